The van der Waals surface area contributed by atoms with E-state index in [4.69, 9.17) is 30.3 Å². The molecule has 0 radical (unpaired) electrons. The van der Waals surface area contributed by atoms with Gasteiger partial charge in [-0.15, -0.1) is 0 Å². The SMILES string of the molecule is CCCCN(Cc1[nH]c(-c2ccc3c(c2)cc2n3C(C(N)SC(=N)CC)Oc3cc(-c4cnc(C5C(C)CCN5C(=O)C(CC(C)C)NC(=O)OC)[nH]4)cc(F)c3-2)c[n+]1C)C(=O)C(NC(=O)OC)C(C)C. The average Bonchev–Trinajstić information content (AvgIpc) is 4.15. The number of likely N-dealkylation sites (tertiary alicyclic amines) is 1. The number of aromatic amines is 2. The largest absolute Gasteiger partial charge is 0.467 e. The van der Waals surface area contributed by atoms with Crippen molar-refractivity contribution in [3.05, 3.63) is 66.3 Å². The first-order valence-corrected chi connectivity index (χ1v) is 25.3. The fraction of sp³-hybridized carbons (Fsp3) is 0.510. The number of hydrogen-bond donors (Lipinski definition) is 6. The molecule has 7 N–H and O–H groups in total. The third-order valence-corrected chi connectivity index (χ3v) is 14.4. The number of carbonyl (C=O) groups excluding carboxylic acids is 4. The van der Waals surface area contributed by atoms with Crippen molar-refractivity contribution in [3.63, 3.8) is 0 Å². The number of imidazole rings is 2. The summed E-state index contributed by atoms with van der Waals surface area (Å²) in [5, 5.41) is 14.4. The number of ether oxygens (including phenoxy) is 3. The molecule has 2 aliphatic rings. The van der Waals surface area contributed by atoms with E-state index in [1.807, 2.05) is 81.3 Å². The molecule has 1 fully saturated rings. The van der Waals surface area contributed by atoms with E-state index in [1.54, 1.807) is 22.1 Å². The minimum atomic E-state index is -0.828. The zero-order valence-electron chi connectivity index (χ0n) is 42.4. The van der Waals surface area contributed by atoms with Gasteiger partial charge < -0.3 is 49.9 Å². The summed E-state index contributed by atoms with van der Waals surface area (Å²) in [6, 6.07) is 9.11. The van der Waals surface area contributed by atoms with Crippen LogP contribution in [0.5, 0.6) is 5.75 Å². The molecule has 0 bridgehead atoms. The molecule has 0 aliphatic carbocycles. The third kappa shape index (κ3) is 11.2. The molecule has 3 aromatic heterocycles. The van der Waals surface area contributed by atoms with Gasteiger partial charge in [0.2, 0.25) is 18.0 Å². The van der Waals surface area contributed by atoms with Gasteiger partial charge in [-0.2, -0.15) is 0 Å². The summed E-state index contributed by atoms with van der Waals surface area (Å²) < 4.78 is 37.1. The van der Waals surface area contributed by atoms with Crippen molar-refractivity contribution in [2.24, 2.45) is 30.5 Å². The van der Waals surface area contributed by atoms with Crippen LogP contribution in [0.3, 0.4) is 0 Å². The lowest BCUT2D eigenvalue weighted by Crippen LogP contribution is -2.52. The Bertz CT molecular complexity index is 2770. The molecule has 6 atom stereocenters. The van der Waals surface area contributed by atoms with Gasteiger partial charge in [-0.3, -0.25) is 15.0 Å². The van der Waals surface area contributed by atoms with Crippen molar-refractivity contribution >= 4 is 51.7 Å². The fourth-order valence-corrected chi connectivity index (χ4v) is 10.3. The number of hydrogen-bond acceptors (Lipinski definition) is 11. The maximum Gasteiger partial charge on any atom is 0.407 e. The lowest BCUT2D eigenvalue weighted by molar-refractivity contribution is -0.678. The number of benzene rings is 2. The van der Waals surface area contributed by atoms with Crippen LogP contribution in [-0.4, -0.2) is 103 Å². The number of fused-ring (bicyclic) bond motifs is 5. The molecule has 4 amide bonds. The second-order valence-electron chi connectivity index (χ2n) is 19.3. The number of methoxy groups -OCH3 is 2. The van der Waals surface area contributed by atoms with Gasteiger partial charge in [-0.1, -0.05) is 66.6 Å². The molecule has 0 spiro atoms. The fourth-order valence-electron chi connectivity index (χ4n) is 9.53. The molecule has 2 aromatic carbocycles. The van der Waals surface area contributed by atoms with Gasteiger partial charge in [0.1, 0.15) is 47.6 Å². The summed E-state index contributed by atoms with van der Waals surface area (Å²) in [5.74, 6) is 0.646. The number of nitrogens with one attached hydrogen (secondary N) is 5. The Morgan fingerprint density at radius 3 is 2.45 bits per heavy atom. The molecule has 71 heavy (non-hydrogen) atoms. The summed E-state index contributed by atoms with van der Waals surface area (Å²) in [5.41, 5.74) is 11.1. The van der Waals surface area contributed by atoms with Crippen molar-refractivity contribution in [3.8, 4) is 39.5 Å². The van der Waals surface area contributed by atoms with E-state index in [0.29, 0.717) is 53.8 Å². The van der Waals surface area contributed by atoms with Crippen molar-refractivity contribution in [1.82, 2.24) is 40.0 Å². The molecular weight excluding hydrogens is 930 g/mol. The van der Waals surface area contributed by atoms with E-state index in [9.17, 15) is 19.2 Å². The van der Waals surface area contributed by atoms with Crippen LogP contribution in [0.25, 0.3) is 44.7 Å². The number of H-pyrrole nitrogens is 2. The molecule has 2 aliphatic heterocycles. The number of alkyl carbamates (subject to hydrolysis) is 2. The number of nitrogens with two attached hydrogens (primary N) is 1. The van der Waals surface area contributed by atoms with Crippen molar-refractivity contribution in [2.75, 3.05) is 27.3 Å². The second-order valence-corrected chi connectivity index (χ2v) is 20.6. The normalized spacial score (nSPS) is 17.6. The van der Waals surface area contributed by atoms with Crippen LogP contribution < -0.4 is 25.7 Å². The first-order chi connectivity index (χ1) is 33.9. The van der Waals surface area contributed by atoms with Crippen LogP contribution in [0, 0.1) is 29.0 Å². The number of amides is 4. The molecule has 1 saturated heterocycles. The van der Waals surface area contributed by atoms with Gasteiger partial charge in [0.25, 0.3) is 5.82 Å². The molecule has 0 saturated carbocycles. The third-order valence-electron chi connectivity index (χ3n) is 13.3. The van der Waals surface area contributed by atoms with Crippen LogP contribution >= 0.6 is 11.8 Å². The number of aromatic nitrogens is 5. The van der Waals surface area contributed by atoms with Crippen LogP contribution in [0.1, 0.15) is 104 Å². The summed E-state index contributed by atoms with van der Waals surface area (Å²) in [6.45, 7) is 15.0. The highest BCUT2D eigenvalue weighted by atomic mass is 32.2. The smallest absolute Gasteiger partial charge is 0.407 e. The predicted molar refractivity (Wildman–Crippen MR) is 271 cm³/mol. The Hall–Kier alpha value is -6.41. The van der Waals surface area contributed by atoms with E-state index in [0.717, 1.165) is 47.2 Å². The zero-order valence-corrected chi connectivity index (χ0v) is 43.2. The lowest BCUT2D eigenvalue weighted by atomic mass is 10.00. The second kappa shape index (κ2) is 22.3. The first-order valence-electron chi connectivity index (χ1n) is 24.4. The molecule has 18 nitrogen and oxygen atoms in total. The van der Waals surface area contributed by atoms with Gasteiger partial charge in [-0.25, -0.2) is 28.5 Å². The Balaban J connectivity index is 1.22. The van der Waals surface area contributed by atoms with E-state index in [1.165, 1.54) is 32.0 Å². The molecule has 5 heterocycles. The average molecular weight is 999 g/mol. The van der Waals surface area contributed by atoms with E-state index in [-0.39, 0.29) is 47.4 Å². The summed E-state index contributed by atoms with van der Waals surface area (Å²) >= 11 is 1.19. The maximum absolute atomic E-state index is 16.9. The number of thioether (sulfide) groups is 1. The molecule has 6 unspecified atom stereocenters. The van der Waals surface area contributed by atoms with Gasteiger partial charge >= 0.3 is 12.2 Å². The minimum Gasteiger partial charge on any atom is -0.467 e. The number of rotatable bonds is 18. The standard InChI is InChI=1S/C51H68FN11O7S/c1-11-13-17-61(48(65)43(28(5)6)59-51(67)69-10)26-41-56-36(25-60(41)8)30-14-15-37-32(20-30)22-38-42-33(52)21-31(23-39(42)70-49(63(37)38)45(54)71-40(53)12-2)35-24-55-46(57-35)44-29(7)16-18-62(44)47(64)34(19-27(3)4)58-50(66)68-9/h14-15,20-25,27-29,34,43-45,49,53H,11-13,16-19,26,54H2,1-10H3,(H3,55,57,58,59,66,67)/p+1. The lowest BCUT2D eigenvalue weighted by Gasteiger charge is -2.33. The molecular formula is C51H69FN11O7S+. The van der Waals surface area contributed by atoms with E-state index < -0.39 is 47.7 Å². The van der Waals surface area contributed by atoms with Crippen molar-refractivity contribution in [2.45, 2.75) is 117 Å². The number of aryl methyl sites for hydroxylation is 1. The molecule has 5 aromatic rings. The Kier molecular flexibility index (Phi) is 16.5. The maximum atomic E-state index is 16.9. The summed E-state index contributed by atoms with van der Waals surface area (Å²) in [7, 11) is 4.45. The number of halogens is 1. The highest BCUT2D eigenvalue weighted by Gasteiger charge is 2.41. The monoisotopic (exact) mass is 999 g/mol. The van der Waals surface area contributed by atoms with Crippen molar-refractivity contribution in [1.29, 1.82) is 5.41 Å². The Morgan fingerprint density at radius 2 is 1.77 bits per heavy atom. The van der Waals surface area contributed by atoms with Gasteiger partial charge in [-0.05, 0) is 79.8 Å². The van der Waals surface area contributed by atoms with Gasteiger partial charge in [0.15, 0.2) is 5.69 Å². The van der Waals surface area contributed by atoms with Crippen molar-refractivity contribution < 1.29 is 42.3 Å². The number of nitrogens with zero attached hydrogens (tertiary/aromatic N) is 5. The summed E-state index contributed by atoms with van der Waals surface area (Å²) in [6.07, 6.45) is 4.73. The quantitative estimate of drug-likeness (QED) is 0.0214. The highest BCUT2D eigenvalue weighted by molar-refractivity contribution is 8.14. The van der Waals surface area contributed by atoms with E-state index in [2.05, 4.69) is 34.4 Å². The Labute approximate surface area is 418 Å². The Morgan fingerprint density at radius 1 is 1.04 bits per heavy atom. The van der Waals surface area contributed by atoms with Gasteiger partial charge in [0, 0.05) is 29.6 Å². The molecule has 7 rings (SSSR count). The summed E-state index contributed by atoms with van der Waals surface area (Å²) in [4.78, 5) is 67.6. The highest BCUT2D eigenvalue weighted by Crippen LogP contribution is 2.48. The first kappa shape index (κ1) is 52.4. The number of unbranched alkanes of at least 4 members (excludes halogenated alkanes) is 1. The van der Waals surface area contributed by atoms with Crippen LogP contribution in [0.4, 0.5) is 14.0 Å². The van der Waals surface area contributed by atoms with E-state index >= 15 is 4.39 Å². The minimum absolute atomic E-state index is 0.0441. The zero-order chi connectivity index (χ0) is 51.4. The van der Waals surface area contributed by atoms with Gasteiger partial charge in [0.05, 0.1) is 61.0 Å². The number of carbonyl (C=O) groups is 4. The topological polar surface area (TPSA) is 230 Å². The van der Waals surface area contributed by atoms with Crippen LogP contribution in [-0.2, 0) is 32.7 Å². The van der Waals surface area contributed by atoms with Crippen LogP contribution in [0.2, 0.25) is 0 Å². The molecule has 382 valence electrons. The van der Waals surface area contributed by atoms with Crippen LogP contribution in [0.15, 0.2) is 48.8 Å². The molecule has 20 heteroatoms. The predicted octanol–water partition coefficient (Wildman–Crippen LogP) is 8.14.